The monoisotopic (exact) mass is 509 g/mol. The Morgan fingerprint density at radius 3 is 2.35 bits per heavy atom. The number of aliphatic imine (C=N–C) groups is 1. The lowest BCUT2D eigenvalue weighted by Gasteiger charge is -2.20. The summed E-state index contributed by atoms with van der Waals surface area (Å²) in [5, 5.41) is 9.19. The van der Waals surface area contributed by atoms with Gasteiger partial charge in [0, 0.05) is 31.0 Å². The highest BCUT2D eigenvalue weighted by Gasteiger charge is 2.34. The quantitative estimate of drug-likeness (QED) is 0.263. The number of carboxylic acids is 1. The molecule has 10 nitrogen and oxygen atoms in total. The molecule has 0 radical (unpaired) electrons. The van der Waals surface area contributed by atoms with Gasteiger partial charge in [0.25, 0.3) is 5.91 Å². The molecule has 2 aliphatic rings. The second-order valence-corrected chi connectivity index (χ2v) is 8.91. The number of methoxy groups -OCH3 is 2. The van der Waals surface area contributed by atoms with Crippen molar-refractivity contribution in [2.75, 3.05) is 39.7 Å². The Bertz CT molecular complexity index is 1240. The molecule has 2 aromatic rings. The van der Waals surface area contributed by atoms with Crippen LogP contribution in [-0.2, 0) is 0 Å². The average molecular weight is 510 g/mol. The second kappa shape index (κ2) is 11.2. The smallest absolute Gasteiger partial charge is 0.337 e. The van der Waals surface area contributed by atoms with Gasteiger partial charge in [-0.1, -0.05) is 12.2 Å². The van der Waals surface area contributed by atoms with Crippen LogP contribution >= 0.6 is 0 Å². The fourth-order valence-electron chi connectivity index (χ4n) is 4.38. The van der Waals surface area contributed by atoms with Gasteiger partial charge in [-0.15, -0.1) is 0 Å². The number of anilines is 1. The van der Waals surface area contributed by atoms with Crippen molar-refractivity contribution in [2.45, 2.75) is 31.7 Å². The van der Waals surface area contributed by atoms with Crippen LogP contribution < -0.4 is 24.7 Å². The summed E-state index contributed by atoms with van der Waals surface area (Å²) in [5.74, 6) is 0.521. The highest BCUT2D eigenvalue weighted by atomic mass is 16.5. The fraction of sp³-hybridized carbons (Fsp3) is 0.370. The lowest BCUT2D eigenvalue weighted by molar-refractivity contribution is 0.0696. The van der Waals surface area contributed by atoms with E-state index in [0.29, 0.717) is 54.0 Å². The molecule has 1 amide bonds. The normalized spacial score (nSPS) is 16.2. The van der Waals surface area contributed by atoms with Crippen molar-refractivity contribution in [2.24, 2.45) is 4.99 Å². The van der Waals surface area contributed by atoms with Crippen LogP contribution in [0.3, 0.4) is 0 Å². The molecule has 0 unspecified atom stereocenters. The number of aromatic carboxylic acids is 1. The second-order valence-electron chi connectivity index (χ2n) is 8.91. The van der Waals surface area contributed by atoms with Gasteiger partial charge in [-0.25, -0.2) is 4.79 Å². The number of amides is 1. The summed E-state index contributed by atoms with van der Waals surface area (Å²) in [7, 11) is 2.99. The number of carbonyl (C=O) groups is 2. The van der Waals surface area contributed by atoms with E-state index in [9.17, 15) is 14.7 Å². The van der Waals surface area contributed by atoms with Gasteiger partial charge in [-0.05, 0) is 31.7 Å². The summed E-state index contributed by atoms with van der Waals surface area (Å²) >= 11 is 0. The number of rotatable bonds is 11. The van der Waals surface area contributed by atoms with Gasteiger partial charge in [0.1, 0.15) is 0 Å². The zero-order valence-electron chi connectivity index (χ0n) is 21.0. The molecule has 1 atom stereocenters. The van der Waals surface area contributed by atoms with E-state index in [1.807, 2.05) is 0 Å². The number of hydrogen-bond acceptors (Lipinski definition) is 8. The number of benzene rings is 2. The van der Waals surface area contributed by atoms with Crippen molar-refractivity contribution < 1.29 is 33.6 Å². The highest BCUT2D eigenvalue weighted by molar-refractivity contribution is 6.04. The number of fused-ring (bicyclic) bond motifs is 2. The molecule has 4 rings (SSSR count). The largest absolute Gasteiger partial charge is 0.493 e. The molecule has 196 valence electrons. The number of carbonyl (C=O) groups excluding carboxylic acids is 1. The Morgan fingerprint density at radius 1 is 1.05 bits per heavy atom. The molecule has 0 saturated carbocycles. The van der Waals surface area contributed by atoms with Gasteiger partial charge in [0.15, 0.2) is 23.0 Å². The first kappa shape index (κ1) is 25.9. The molecule has 2 heterocycles. The summed E-state index contributed by atoms with van der Waals surface area (Å²) in [6.07, 6.45) is 4.86. The third-order valence-corrected chi connectivity index (χ3v) is 6.32. The predicted molar refractivity (Wildman–Crippen MR) is 139 cm³/mol. The van der Waals surface area contributed by atoms with Crippen LogP contribution in [0.4, 0.5) is 11.4 Å². The number of ether oxygens (including phenoxy) is 4. The van der Waals surface area contributed by atoms with Crippen molar-refractivity contribution in [1.82, 2.24) is 4.90 Å². The SMILES string of the molecule is C=C1C[C@H]2C=Nc3cc(OCCCCCOc4cc(N)c(C(=O)O)cc4OC)c(OC)cc3C(=O)N2C1. The molecule has 3 N–H and O–H groups in total. The summed E-state index contributed by atoms with van der Waals surface area (Å²) in [4.78, 5) is 30.6. The number of nitrogens with two attached hydrogens (primary N) is 1. The molecule has 10 heteroatoms. The van der Waals surface area contributed by atoms with E-state index >= 15 is 0 Å². The lowest BCUT2D eigenvalue weighted by Crippen LogP contribution is -2.35. The minimum Gasteiger partial charge on any atom is -0.493 e. The van der Waals surface area contributed by atoms with E-state index in [0.717, 1.165) is 31.3 Å². The maximum atomic E-state index is 13.1. The number of carboxylic acid groups (broad SMARTS) is 1. The van der Waals surface area contributed by atoms with Crippen LogP contribution in [-0.4, -0.2) is 68.1 Å². The minimum absolute atomic E-state index is 0.0316. The van der Waals surface area contributed by atoms with E-state index in [2.05, 4.69) is 11.6 Å². The highest BCUT2D eigenvalue weighted by Crippen LogP contribution is 2.38. The van der Waals surface area contributed by atoms with E-state index in [1.165, 1.54) is 19.2 Å². The average Bonchev–Trinajstić information content (AvgIpc) is 3.21. The number of nitrogens with zero attached hydrogens (tertiary/aromatic N) is 2. The topological polar surface area (TPSA) is 133 Å². The Kier molecular flexibility index (Phi) is 7.86. The van der Waals surface area contributed by atoms with Crippen LogP contribution in [0.2, 0.25) is 0 Å². The van der Waals surface area contributed by atoms with Crippen LogP contribution in [0.25, 0.3) is 0 Å². The summed E-state index contributed by atoms with van der Waals surface area (Å²) in [6.45, 7) is 5.40. The van der Waals surface area contributed by atoms with Gasteiger partial charge in [0.05, 0.1) is 56.0 Å². The van der Waals surface area contributed by atoms with Crippen molar-refractivity contribution in [3.63, 3.8) is 0 Å². The van der Waals surface area contributed by atoms with Gasteiger partial charge in [0.2, 0.25) is 0 Å². The van der Waals surface area contributed by atoms with Crippen molar-refractivity contribution >= 4 is 29.5 Å². The van der Waals surface area contributed by atoms with Gasteiger partial charge in [-0.2, -0.15) is 0 Å². The van der Waals surface area contributed by atoms with Crippen LogP contribution in [0.15, 0.2) is 41.4 Å². The summed E-state index contributed by atoms with van der Waals surface area (Å²) in [5.41, 5.74) is 7.96. The van der Waals surface area contributed by atoms with Crippen molar-refractivity contribution in [1.29, 1.82) is 0 Å². The predicted octanol–water partition coefficient (Wildman–Crippen LogP) is 4.10. The van der Waals surface area contributed by atoms with Crippen LogP contribution in [0, 0.1) is 0 Å². The number of nitrogen functional groups attached to an aromatic ring is 1. The molecule has 0 aliphatic carbocycles. The number of hydrogen-bond donors (Lipinski definition) is 2. The van der Waals surface area contributed by atoms with E-state index in [4.69, 9.17) is 24.7 Å². The zero-order valence-corrected chi connectivity index (χ0v) is 21.0. The molecule has 0 bridgehead atoms. The molecular weight excluding hydrogens is 478 g/mol. The Hall–Kier alpha value is -4.21. The maximum absolute atomic E-state index is 13.1. The van der Waals surface area contributed by atoms with E-state index < -0.39 is 5.97 Å². The first-order valence-corrected chi connectivity index (χ1v) is 12.0. The van der Waals surface area contributed by atoms with E-state index in [1.54, 1.807) is 30.4 Å². The molecular formula is C27H31N3O7. The standard InChI is InChI=1S/C27H31N3O7/c1-16-9-17-14-29-21-13-25(23(35-3)11-19(21)26(31)30(17)15-16)37-8-6-4-5-7-36-24-12-20(28)18(27(32)33)10-22(24)34-2/h10-14,17H,1,4-9,15,28H2,2-3H3,(H,32,33)/t17-/m0/s1. The summed E-state index contributed by atoms with van der Waals surface area (Å²) < 4.78 is 22.4. The molecule has 2 aliphatic heterocycles. The first-order chi connectivity index (χ1) is 17.8. The van der Waals surface area contributed by atoms with Crippen LogP contribution in [0.1, 0.15) is 46.4 Å². The summed E-state index contributed by atoms with van der Waals surface area (Å²) in [6, 6.07) is 6.18. The number of unbranched alkanes of at least 4 members (excludes halogenated alkanes) is 2. The van der Waals surface area contributed by atoms with E-state index in [-0.39, 0.29) is 23.2 Å². The molecule has 37 heavy (non-hydrogen) atoms. The van der Waals surface area contributed by atoms with Crippen molar-refractivity contribution in [3.8, 4) is 23.0 Å². The molecule has 1 saturated heterocycles. The van der Waals surface area contributed by atoms with Crippen LogP contribution in [0.5, 0.6) is 23.0 Å². The molecule has 2 aromatic carbocycles. The van der Waals surface area contributed by atoms with Crippen molar-refractivity contribution in [3.05, 3.63) is 47.5 Å². The zero-order chi connectivity index (χ0) is 26.5. The third kappa shape index (κ3) is 5.63. The molecule has 0 aromatic heterocycles. The maximum Gasteiger partial charge on any atom is 0.337 e. The van der Waals surface area contributed by atoms with Gasteiger partial charge in [-0.3, -0.25) is 9.79 Å². The molecule has 1 fully saturated rings. The Balaban J connectivity index is 1.29. The minimum atomic E-state index is -1.13. The Labute approximate surface area is 215 Å². The van der Waals surface area contributed by atoms with Gasteiger partial charge >= 0.3 is 5.97 Å². The third-order valence-electron chi connectivity index (χ3n) is 6.32. The van der Waals surface area contributed by atoms with Gasteiger partial charge < -0.3 is 34.7 Å². The fourth-order valence-corrected chi connectivity index (χ4v) is 4.38. The Morgan fingerprint density at radius 2 is 1.70 bits per heavy atom. The first-order valence-electron chi connectivity index (χ1n) is 12.0. The lowest BCUT2D eigenvalue weighted by atomic mass is 10.1. The molecule has 0 spiro atoms.